The van der Waals surface area contributed by atoms with Gasteiger partial charge in [0.05, 0.1) is 10.7 Å². The van der Waals surface area contributed by atoms with Crippen molar-refractivity contribution in [1.82, 2.24) is 20.5 Å². The summed E-state index contributed by atoms with van der Waals surface area (Å²) in [6, 6.07) is 2.74. The van der Waals surface area contributed by atoms with Crippen molar-refractivity contribution in [3.8, 4) is 0 Å². The molecule has 8 heteroatoms. The molecule has 1 fully saturated rings. The van der Waals surface area contributed by atoms with Crippen molar-refractivity contribution in [2.24, 2.45) is 4.99 Å². The zero-order chi connectivity index (χ0) is 19.1. The van der Waals surface area contributed by atoms with E-state index in [0.29, 0.717) is 6.04 Å². The Morgan fingerprint density at radius 1 is 1.32 bits per heavy atom. The maximum absolute atomic E-state index is 4.79. The summed E-state index contributed by atoms with van der Waals surface area (Å²) < 4.78 is 0. The molecule has 0 aromatic carbocycles. The van der Waals surface area contributed by atoms with Gasteiger partial charge in [0.1, 0.15) is 0 Å². The zero-order valence-corrected chi connectivity index (χ0v) is 21.0. The summed E-state index contributed by atoms with van der Waals surface area (Å²) in [7, 11) is 0. The van der Waals surface area contributed by atoms with Crippen molar-refractivity contribution in [2.45, 2.75) is 52.6 Å². The number of nitrogens with zero attached hydrogens (tertiary/aromatic N) is 3. The van der Waals surface area contributed by atoms with E-state index in [2.05, 4.69) is 58.1 Å². The molecule has 2 N–H and O–H groups in total. The van der Waals surface area contributed by atoms with Crippen molar-refractivity contribution in [3.05, 3.63) is 38.0 Å². The molecule has 3 heterocycles. The lowest BCUT2D eigenvalue weighted by Crippen LogP contribution is -2.48. The lowest BCUT2D eigenvalue weighted by Gasteiger charge is -2.33. The summed E-state index contributed by atoms with van der Waals surface area (Å²) in [4.78, 5) is 13.2. The third-order valence-corrected chi connectivity index (χ3v) is 6.73. The van der Waals surface area contributed by atoms with Crippen molar-refractivity contribution >= 4 is 52.6 Å². The van der Waals surface area contributed by atoms with Crippen LogP contribution < -0.4 is 10.6 Å². The number of likely N-dealkylation sites (tertiary alicyclic amines) is 1. The Morgan fingerprint density at radius 3 is 2.71 bits per heavy atom. The summed E-state index contributed by atoms with van der Waals surface area (Å²) in [6.45, 7) is 11.3. The van der Waals surface area contributed by atoms with Gasteiger partial charge in [-0.2, -0.15) is 11.3 Å². The molecule has 1 aliphatic rings. The minimum Gasteiger partial charge on any atom is -0.357 e. The van der Waals surface area contributed by atoms with Gasteiger partial charge in [-0.3, -0.25) is 9.89 Å². The van der Waals surface area contributed by atoms with E-state index in [-0.39, 0.29) is 24.0 Å². The SMILES string of the molecule is CCNC(=NCCc1sc(C)nc1C)NC1CCN(Cc2ccsc2)CC1.I. The van der Waals surface area contributed by atoms with Crippen LogP contribution in [0.4, 0.5) is 0 Å². The van der Waals surface area contributed by atoms with Crippen molar-refractivity contribution in [3.63, 3.8) is 0 Å². The number of hydrogen-bond donors (Lipinski definition) is 2. The van der Waals surface area contributed by atoms with Crippen LogP contribution in [0.1, 0.15) is 40.9 Å². The summed E-state index contributed by atoms with van der Waals surface area (Å²) >= 11 is 3.58. The van der Waals surface area contributed by atoms with E-state index in [9.17, 15) is 0 Å². The van der Waals surface area contributed by atoms with E-state index in [1.54, 1.807) is 22.7 Å². The molecule has 0 radical (unpaired) electrons. The Kier molecular flexibility index (Phi) is 10.2. The first-order chi connectivity index (χ1) is 13.1. The number of hydrogen-bond acceptors (Lipinski definition) is 5. The molecule has 0 atom stereocenters. The van der Waals surface area contributed by atoms with Crippen LogP contribution in [-0.4, -0.2) is 48.1 Å². The summed E-state index contributed by atoms with van der Waals surface area (Å²) in [5.74, 6) is 0.952. The molecule has 0 unspecified atom stereocenters. The molecule has 1 aliphatic heterocycles. The van der Waals surface area contributed by atoms with Gasteiger partial charge >= 0.3 is 0 Å². The van der Waals surface area contributed by atoms with Crippen LogP contribution in [0.15, 0.2) is 21.8 Å². The third kappa shape index (κ3) is 7.27. The number of thiazole rings is 1. The number of aryl methyl sites for hydroxylation is 2. The predicted octanol–water partition coefficient (Wildman–Crippen LogP) is 4.20. The molecule has 3 rings (SSSR count). The second kappa shape index (κ2) is 12.1. The van der Waals surface area contributed by atoms with Crippen LogP contribution in [-0.2, 0) is 13.0 Å². The van der Waals surface area contributed by atoms with Crippen LogP contribution >= 0.6 is 46.7 Å². The Morgan fingerprint density at radius 2 is 2.11 bits per heavy atom. The van der Waals surface area contributed by atoms with Gasteiger partial charge in [-0.1, -0.05) is 0 Å². The second-order valence-corrected chi connectivity index (χ2v) is 9.15. The highest BCUT2D eigenvalue weighted by Crippen LogP contribution is 2.18. The Hall–Kier alpha value is -0.710. The van der Waals surface area contributed by atoms with Crippen LogP contribution in [0, 0.1) is 13.8 Å². The molecule has 0 bridgehead atoms. The highest BCUT2D eigenvalue weighted by molar-refractivity contribution is 14.0. The number of aliphatic imine (C=N–C) groups is 1. The average Bonchev–Trinajstić information content (AvgIpc) is 3.26. The molecule has 28 heavy (non-hydrogen) atoms. The minimum atomic E-state index is 0. The number of guanidine groups is 1. The normalized spacial score (nSPS) is 16.0. The molecule has 0 saturated carbocycles. The molecule has 5 nitrogen and oxygen atoms in total. The van der Waals surface area contributed by atoms with Gasteiger partial charge in [-0.25, -0.2) is 4.98 Å². The van der Waals surface area contributed by atoms with Gasteiger partial charge in [0.2, 0.25) is 0 Å². The van der Waals surface area contributed by atoms with Gasteiger partial charge in [0.25, 0.3) is 0 Å². The Labute approximate surface area is 194 Å². The number of piperidine rings is 1. The monoisotopic (exact) mass is 533 g/mol. The van der Waals surface area contributed by atoms with E-state index in [1.165, 1.54) is 23.3 Å². The molecular weight excluding hydrogens is 501 g/mol. The van der Waals surface area contributed by atoms with Gasteiger partial charge in [0, 0.05) is 50.1 Å². The molecule has 2 aromatic rings. The quantitative estimate of drug-likeness (QED) is 0.318. The van der Waals surface area contributed by atoms with E-state index in [1.807, 2.05) is 0 Å². The minimum absolute atomic E-state index is 0. The number of nitrogens with one attached hydrogen (secondary N) is 2. The first-order valence-corrected chi connectivity index (χ1v) is 11.6. The number of thiophene rings is 1. The maximum Gasteiger partial charge on any atom is 0.191 e. The fraction of sp³-hybridized carbons (Fsp3) is 0.600. The summed E-state index contributed by atoms with van der Waals surface area (Å²) in [5.41, 5.74) is 2.60. The largest absolute Gasteiger partial charge is 0.357 e. The van der Waals surface area contributed by atoms with Crippen molar-refractivity contribution in [2.75, 3.05) is 26.2 Å². The van der Waals surface area contributed by atoms with E-state index >= 15 is 0 Å². The fourth-order valence-electron chi connectivity index (χ4n) is 3.46. The van der Waals surface area contributed by atoms with Crippen LogP contribution in [0.5, 0.6) is 0 Å². The van der Waals surface area contributed by atoms with Crippen LogP contribution in [0.3, 0.4) is 0 Å². The molecular formula is C20H32IN5S2. The lowest BCUT2D eigenvalue weighted by molar-refractivity contribution is 0.198. The first kappa shape index (κ1) is 23.6. The number of halogens is 1. The summed E-state index contributed by atoms with van der Waals surface area (Å²) in [6.07, 6.45) is 3.30. The Bertz CT molecular complexity index is 721. The fourth-order valence-corrected chi connectivity index (χ4v) is 5.05. The number of rotatable bonds is 7. The molecule has 0 aliphatic carbocycles. The molecule has 2 aromatic heterocycles. The smallest absolute Gasteiger partial charge is 0.191 e. The molecule has 156 valence electrons. The lowest BCUT2D eigenvalue weighted by atomic mass is 10.0. The third-order valence-electron chi connectivity index (χ3n) is 4.87. The van der Waals surface area contributed by atoms with Gasteiger partial charge < -0.3 is 10.6 Å². The van der Waals surface area contributed by atoms with Gasteiger partial charge in [0.15, 0.2) is 5.96 Å². The van der Waals surface area contributed by atoms with Gasteiger partial charge in [-0.05, 0) is 56.0 Å². The molecule has 1 saturated heterocycles. The maximum atomic E-state index is 4.79. The van der Waals surface area contributed by atoms with Crippen molar-refractivity contribution in [1.29, 1.82) is 0 Å². The Balaban J connectivity index is 0.00000280. The first-order valence-electron chi connectivity index (χ1n) is 9.85. The van der Waals surface area contributed by atoms with Crippen LogP contribution in [0.25, 0.3) is 0 Å². The highest BCUT2D eigenvalue weighted by Gasteiger charge is 2.20. The predicted molar refractivity (Wildman–Crippen MR) is 132 cm³/mol. The molecule has 0 amide bonds. The molecule has 0 spiro atoms. The zero-order valence-electron chi connectivity index (χ0n) is 17.0. The van der Waals surface area contributed by atoms with Gasteiger partial charge in [-0.15, -0.1) is 35.3 Å². The standard InChI is InChI=1S/C20H31N5S2.HI/c1-4-21-20(22-9-5-19-15(2)23-16(3)27-19)24-18-6-10-25(11-7-18)13-17-8-12-26-14-17;/h8,12,14,18H,4-7,9-11,13H2,1-3H3,(H2,21,22,24);1H. The highest BCUT2D eigenvalue weighted by atomic mass is 127. The second-order valence-electron chi connectivity index (χ2n) is 7.08. The van der Waals surface area contributed by atoms with Crippen LogP contribution in [0.2, 0.25) is 0 Å². The number of aromatic nitrogens is 1. The summed E-state index contributed by atoms with van der Waals surface area (Å²) in [5, 5.41) is 12.6. The van der Waals surface area contributed by atoms with Crippen molar-refractivity contribution < 1.29 is 0 Å². The van der Waals surface area contributed by atoms with E-state index in [4.69, 9.17) is 4.99 Å². The average molecular weight is 534 g/mol. The van der Waals surface area contributed by atoms with E-state index in [0.717, 1.165) is 55.8 Å². The topological polar surface area (TPSA) is 52.6 Å². The van der Waals surface area contributed by atoms with E-state index < -0.39 is 0 Å².